The predicted octanol–water partition coefficient (Wildman–Crippen LogP) is 5.31. The maximum absolute atomic E-state index is 11.0. The van der Waals surface area contributed by atoms with Gasteiger partial charge in [0, 0.05) is 0 Å². The summed E-state index contributed by atoms with van der Waals surface area (Å²) < 4.78 is 18.2. The summed E-state index contributed by atoms with van der Waals surface area (Å²) in [6.45, 7) is 5.26. The third-order valence-corrected chi connectivity index (χ3v) is 5.14. The van der Waals surface area contributed by atoms with Gasteiger partial charge in [-0.05, 0) is 23.1 Å². The van der Waals surface area contributed by atoms with Crippen molar-refractivity contribution >= 4 is 0 Å². The Balaban J connectivity index is 1.65. The lowest BCUT2D eigenvalue weighted by Crippen LogP contribution is -2.43. The summed E-state index contributed by atoms with van der Waals surface area (Å²) >= 11 is 0. The van der Waals surface area contributed by atoms with Gasteiger partial charge in [-0.2, -0.15) is 0 Å². The molecule has 3 atom stereocenters. The van der Waals surface area contributed by atoms with Crippen LogP contribution in [0.5, 0.6) is 0 Å². The molecular formula is C28H32O4. The number of aliphatic hydroxyl groups is 1. The van der Waals surface area contributed by atoms with E-state index in [4.69, 9.17) is 14.2 Å². The van der Waals surface area contributed by atoms with Crippen molar-refractivity contribution in [2.75, 3.05) is 6.61 Å². The van der Waals surface area contributed by atoms with Crippen LogP contribution in [0.4, 0.5) is 0 Å². The van der Waals surface area contributed by atoms with Gasteiger partial charge in [0.15, 0.2) is 0 Å². The van der Waals surface area contributed by atoms with Crippen LogP contribution < -0.4 is 0 Å². The van der Waals surface area contributed by atoms with Crippen LogP contribution in [0.25, 0.3) is 0 Å². The van der Waals surface area contributed by atoms with E-state index in [0.717, 1.165) is 16.7 Å². The average molecular weight is 433 g/mol. The van der Waals surface area contributed by atoms with Gasteiger partial charge < -0.3 is 19.3 Å². The molecule has 4 heteroatoms. The maximum Gasteiger partial charge on any atom is 0.112 e. The largest absolute Gasteiger partial charge is 0.388 e. The van der Waals surface area contributed by atoms with Gasteiger partial charge in [0.25, 0.3) is 0 Å². The van der Waals surface area contributed by atoms with Crippen molar-refractivity contribution in [1.82, 2.24) is 0 Å². The SMILES string of the molecule is C=CC[C@@H](OCc1ccccc1)[C@@H](OCc1ccccc1)[C@H](O)COCc1ccccc1. The van der Waals surface area contributed by atoms with Crippen LogP contribution in [-0.4, -0.2) is 30.0 Å². The molecule has 0 amide bonds. The topological polar surface area (TPSA) is 47.9 Å². The summed E-state index contributed by atoms with van der Waals surface area (Å²) in [6, 6.07) is 29.8. The Kier molecular flexibility index (Phi) is 10.2. The van der Waals surface area contributed by atoms with E-state index in [0.29, 0.717) is 26.2 Å². The van der Waals surface area contributed by atoms with Crippen molar-refractivity contribution in [2.24, 2.45) is 0 Å². The van der Waals surface area contributed by atoms with E-state index in [1.54, 1.807) is 6.08 Å². The third-order valence-electron chi connectivity index (χ3n) is 5.14. The molecule has 1 N–H and O–H groups in total. The molecule has 168 valence electrons. The van der Waals surface area contributed by atoms with Crippen LogP contribution in [-0.2, 0) is 34.0 Å². The molecule has 0 saturated carbocycles. The van der Waals surface area contributed by atoms with Crippen molar-refractivity contribution in [1.29, 1.82) is 0 Å². The van der Waals surface area contributed by atoms with E-state index in [1.165, 1.54) is 0 Å². The lowest BCUT2D eigenvalue weighted by molar-refractivity contribution is -0.146. The second-order valence-electron chi connectivity index (χ2n) is 7.69. The normalized spacial score (nSPS) is 13.9. The van der Waals surface area contributed by atoms with Crippen LogP contribution in [0, 0.1) is 0 Å². The smallest absolute Gasteiger partial charge is 0.112 e. The quantitative estimate of drug-likeness (QED) is 0.351. The predicted molar refractivity (Wildman–Crippen MR) is 127 cm³/mol. The van der Waals surface area contributed by atoms with Crippen LogP contribution >= 0.6 is 0 Å². The first-order valence-electron chi connectivity index (χ1n) is 11.0. The molecule has 0 aliphatic rings. The Bertz CT molecular complexity index is 883. The van der Waals surface area contributed by atoms with Crippen molar-refractivity contribution in [3.05, 3.63) is 120 Å². The summed E-state index contributed by atoms with van der Waals surface area (Å²) in [4.78, 5) is 0. The minimum atomic E-state index is -0.844. The molecule has 0 spiro atoms. The van der Waals surface area contributed by atoms with Crippen LogP contribution in [0.15, 0.2) is 104 Å². The van der Waals surface area contributed by atoms with Gasteiger partial charge in [0.1, 0.15) is 12.2 Å². The fraction of sp³-hybridized carbons (Fsp3) is 0.286. The van der Waals surface area contributed by atoms with E-state index >= 15 is 0 Å². The summed E-state index contributed by atoms with van der Waals surface area (Å²) in [5, 5.41) is 11.0. The van der Waals surface area contributed by atoms with Gasteiger partial charge in [0.2, 0.25) is 0 Å². The van der Waals surface area contributed by atoms with Crippen molar-refractivity contribution in [2.45, 2.75) is 44.6 Å². The Hall–Kier alpha value is -2.76. The molecule has 0 heterocycles. The Morgan fingerprint density at radius 3 is 1.66 bits per heavy atom. The second-order valence-corrected chi connectivity index (χ2v) is 7.69. The molecule has 0 unspecified atom stereocenters. The number of rotatable bonds is 14. The second kappa shape index (κ2) is 13.6. The molecule has 0 radical (unpaired) electrons. The van der Waals surface area contributed by atoms with E-state index in [1.807, 2.05) is 91.0 Å². The number of hydrogen-bond acceptors (Lipinski definition) is 4. The van der Waals surface area contributed by atoms with Crippen molar-refractivity contribution < 1.29 is 19.3 Å². The lowest BCUT2D eigenvalue weighted by Gasteiger charge is -2.30. The van der Waals surface area contributed by atoms with Gasteiger partial charge in [-0.15, -0.1) is 6.58 Å². The van der Waals surface area contributed by atoms with Gasteiger partial charge in [-0.3, -0.25) is 0 Å². The number of benzene rings is 3. The summed E-state index contributed by atoms with van der Waals surface area (Å²) in [6.07, 6.45) is 0.594. The first kappa shape index (κ1) is 23.9. The Labute approximate surface area is 191 Å². The van der Waals surface area contributed by atoms with Gasteiger partial charge in [-0.25, -0.2) is 0 Å². The molecule has 3 aromatic rings. The highest BCUT2D eigenvalue weighted by atomic mass is 16.6. The highest BCUT2D eigenvalue weighted by molar-refractivity contribution is 5.15. The molecule has 0 aromatic heterocycles. The summed E-state index contributed by atoms with van der Waals surface area (Å²) in [5.74, 6) is 0. The monoisotopic (exact) mass is 432 g/mol. The molecule has 32 heavy (non-hydrogen) atoms. The first-order valence-corrected chi connectivity index (χ1v) is 11.0. The van der Waals surface area contributed by atoms with Gasteiger partial charge in [0.05, 0.1) is 32.5 Å². The van der Waals surface area contributed by atoms with Crippen LogP contribution in [0.3, 0.4) is 0 Å². The van der Waals surface area contributed by atoms with Gasteiger partial charge >= 0.3 is 0 Å². The number of hydrogen-bond donors (Lipinski definition) is 1. The zero-order valence-electron chi connectivity index (χ0n) is 18.4. The number of ether oxygens (including phenoxy) is 3. The molecule has 0 fully saturated rings. The lowest BCUT2D eigenvalue weighted by atomic mass is 10.0. The fourth-order valence-corrected chi connectivity index (χ4v) is 3.44. The van der Waals surface area contributed by atoms with Crippen molar-refractivity contribution in [3.8, 4) is 0 Å². The van der Waals surface area contributed by atoms with Gasteiger partial charge in [-0.1, -0.05) is 97.1 Å². The zero-order chi connectivity index (χ0) is 22.4. The standard InChI is InChI=1S/C28H32O4/c1-2-12-27(31-20-24-15-8-4-9-16-24)28(32-21-25-17-10-5-11-18-25)26(29)22-30-19-23-13-6-3-7-14-23/h2-11,13-18,26-29H,1,12,19-22H2/t26-,27-,28+/m1/s1. The highest BCUT2D eigenvalue weighted by Gasteiger charge is 2.30. The minimum Gasteiger partial charge on any atom is -0.388 e. The molecule has 0 aliphatic heterocycles. The average Bonchev–Trinajstić information content (AvgIpc) is 2.84. The van der Waals surface area contributed by atoms with E-state index in [2.05, 4.69) is 6.58 Å². The maximum atomic E-state index is 11.0. The third kappa shape index (κ3) is 8.06. The fourth-order valence-electron chi connectivity index (χ4n) is 3.44. The minimum absolute atomic E-state index is 0.149. The van der Waals surface area contributed by atoms with E-state index < -0.39 is 12.2 Å². The zero-order valence-corrected chi connectivity index (χ0v) is 18.4. The van der Waals surface area contributed by atoms with E-state index in [-0.39, 0.29) is 12.7 Å². The van der Waals surface area contributed by atoms with E-state index in [9.17, 15) is 5.11 Å². The molecule has 3 rings (SSSR count). The number of aliphatic hydroxyl groups excluding tert-OH is 1. The first-order chi connectivity index (χ1) is 15.8. The molecule has 0 aliphatic carbocycles. The molecule has 4 nitrogen and oxygen atoms in total. The van der Waals surface area contributed by atoms with Crippen LogP contribution in [0.1, 0.15) is 23.1 Å². The molecule has 3 aromatic carbocycles. The Morgan fingerprint density at radius 1 is 0.688 bits per heavy atom. The molecule has 0 saturated heterocycles. The summed E-state index contributed by atoms with van der Waals surface area (Å²) in [5.41, 5.74) is 3.16. The summed E-state index contributed by atoms with van der Waals surface area (Å²) in [7, 11) is 0. The molecule has 0 bridgehead atoms. The Morgan fingerprint density at radius 2 is 1.16 bits per heavy atom. The molecular weight excluding hydrogens is 400 g/mol. The van der Waals surface area contributed by atoms with Crippen molar-refractivity contribution in [3.63, 3.8) is 0 Å². The highest BCUT2D eigenvalue weighted by Crippen LogP contribution is 2.19. The van der Waals surface area contributed by atoms with Crippen LogP contribution in [0.2, 0.25) is 0 Å².